The van der Waals surface area contributed by atoms with Gasteiger partial charge in [0.15, 0.2) is 0 Å². The van der Waals surface area contributed by atoms with Crippen LogP contribution in [-0.2, 0) is 24.4 Å². The van der Waals surface area contributed by atoms with Gasteiger partial charge in [0.1, 0.15) is 41.6 Å². The number of halogens is 5. The number of fused-ring (bicyclic) bond motifs is 3. The lowest BCUT2D eigenvalue weighted by Gasteiger charge is -2.45. The van der Waals surface area contributed by atoms with Gasteiger partial charge >= 0.3 is 12.3 Å². The third kappa shape index (κ3) is 9.06. The molecule has 6 rings (SSSR count). The van der Waals surface area contributed by atoms with Crippen molar-refractivity contribution in [1.82, 2.24) is 24.8 Å². The molecule has 7 atom stereocenters. The van der Waals surface area contributed by atoms with Gasteiger partial charge in [-0.25, -0.2) is 27.0 Å². The van der Waals surface area contributed by atoms with Crippen LogP contribution in [0.3, 0.4) is 0 Å². The van der Waals surface area contributed by atoms with Gasteiger partial charge < -0.3 is 24.8 Å². The lowest BCUT2D eigenvalue weighted by Crippen LogP contribution is -2.66. The van der Waals surface area contributed by atoms with Gasteiger partial charge in [0.25, 0.3) is 12.3 Å². The van der Waals surface area contributed by atoms with Crippen LogP contribution in [0.25, 0.3) is 10.8 Å². The molecule has 0 bridgehead atoms. The molecule has 14 nitrogen and oxygen atoms in total. The van der Waals surface area contributed by atoms with Crippen molar-refractivity contribution in [2.24, 2.45) is 17.8 Å². The summed E-state index contributed by atoms with van der Waals surface area (Å²) in [6, 6.07) is 2.88. The maximum atomic E-state index is 15.0. The molecule has 3 fully saturated rings. The Hall–Kier alpha value is -4.75. The van der Waals surface area contributed by atoms with E-state index in [0.717, 1.165) is 11.1 Å². The Morgan fingerprint density at radius 2 is 1.78 bits per heavy atom. The fraction of sp³-hybridized carbons (Fsp3) is 0.615. The van der Waals surface area contributed by atoms with Gasteiger partial charge in [0.05, 0.1) is 18.0 Å². The number of alkyl halides is 5. The van der Waals surface area contributed by atoms with E-state index in [1.807, 2.05) is 6.92 Å². The highest BCUT2D eigenvalue weighted by Crippen LogP contribution is 2.47. The van der Waals surface area contributed by atoms with Crippen molar-refractivity contribution in [3.8, 4) is 11.6 Å². The van der Waals surface area contributed by atoms with Gasteiger partial charge in [-0.1, -0.05) is 44.2 Å². The van der Waals surface area contributed by atoms with Crippen LogP contribution in [0.4, 0.5) is 26.7 Å². The lowest BCUT2D eigenvalue weighted by atomic mass is 9.85. The number of aromatic nitrogens is 1. The van der Waals surface area contributed by atoms with Crippen molar-refractivity contribution >= 4 is 44.6 Å². The second-order valence-corrected chi connectivity index (χ2v) is 18.5. The molecule has 4 aliphatic rings. The number of allylic oxidation sites excluding steroid dienone is 1. The molecule has 2 aliphatic heterocycles. The number of carbonyl (C=O) groups excluding carboxylic acids is 3. The summed E-state index contributed by atoms with van der Waals surface area (Å²) >= 11 is 0. The number of hydrogen-bond donors (Lipinski definition) is 3. The average Bonchev–Trinajstić information content (AvgIpc) is 4.07. The van der Waals surface area contributed by atoms with Crippen LogP contribution in [0.1, 0.15) is 72.6 Å². The van der Waals surface area contributed by atoms with Crippen LogP contribution in [0, 0.1) is 17.8 Å². The van der Waals surface area contributed by atoms with Gasteiger partial charge in [-0.15, -0.1) is 0 Å². The Morgan fingerprint density at radius 3 is 2.41 bits per heavy atom. The zero-order chi connectivity index (χ0) is 43.2. The maximum absolute atomic E-state index is 15.0. The number of pyridine rings is 1. The average molecular weight is 858 g/mol. The van der Waals surface area contributed by atoms with Crippen LogP contribution < -0.4 is 19.5 Å². The second kappa shape index (κ2) is 16.4. The second-order valence-electron chi connectivity index (χ2n) is 16.6. The van der Waals surface area contributed by atoms with Crippen molar-refractivity contribution in [3.63, 3.8) is 0 Å². The standard InChI is InChI=1S/C39H48F5N5O9S/c1-21-9-5-6-10-23-17-38(23,35(52)47-59(55,56)25-13-14-25)46-32(50)28-16-24(58-33-27-12-8-7-11-26(27)29(18-45-33)57-20-30(40)41)19-48(28)34(51)31(22(2)15-21)49(36(53)54)37(3,4)39(42,43)44/h6-8,10-12,18,21-25,28,30-31H,5,9,13-17,19-20H2,1-4H3,(H,46,50)(H,47,52)(H,53,54)/t21-,22-,23-,24-,28+,31+,38-/m1/s1. The molecule has 3 N–H and O–H groups in total. The number of benzene rings is 1. The summed E-state index contributed by atoms with van der Waals surface area (Å²) in [6.45, 7) is 3.24. The number of sulfonamides is 1. The summed E-state index contributed by atoms with van der Waals surface area (Å²) < 4.78 is 109. The molecule has 2 saturated carbocycles. The first-order chi connectivity index (χ1) is 27.6. The molecule has 0 unspecified atom stereocenters. The molecule has 1 aromatic heterocycles. The number of hydrogen-bond acceptors (Lipinski definition) is 9. The molecular formula is C39H48F5N5O9S. The predicted molar refractivity (Wildman–Crippen MR) is 202 cm³/mol. The summed E-state index contributed by atoms with van der Waals surface area (Å²) in [6.07, 6.45) is -4.95. The summed E-state index contributed by atoms with van der Waals surface area (Å²) in [5, 5.41) is 13.0. The van der Waals surface area contributed by atoms with Crippen molar-refractivity contribution in [2.45, 2.75) is 120 Å². The molecule has 2 aromatic rings. The SMILES string of the molecule is C[C@@H]1CCC=C[C@@H]2C[C@@]2(C(=O)NS(=O)(=O)C2CC2)NC(=O)[C@@H]2C[C@@H](Oc3ncc(OCC(F)F)c4ccccc34)CN2C(=O)[C@@H](N(C(=O)O)C(C)(C)C(F)(F)F)[C@H](C)C1. The fourth-order valence-electron chi connectivity index (χ4n) is 8.15. The largest absolute Gasteiger partial charge is 0.485 e. The zero-order valence-corrected chi connectivity index (χ0v) is 33.7. The third-order valence-electron chi connectivity index (χ3n) is 11.7. The molecule has 3 heterocycles. The highest BCUT2D eigenvalue weighted by atomic mass is 32.2. The minimum absolute atomic E-state index is 0.0134. The summed E-state index contributed by atoms with van der Waals surface area (Å²) in [5.74, 6) is -4.93. The minimum Gasteiger partial charge on any atom is -0.485 e. The molecule has 0 spiro atoms. The Bertz CT molecular complexity index is 2100. The summed E-state index contributed by atoms with van der Waals surface area (Å²) in [4.78, 5) is 61.4. The Kier molecular flexibility index (Phi) is 12.2. The van der Waals surface area contributed by atoms with Crippen LogP contribution in [-0.4, -0.2) is 112 Å². The number of amides is 4. The van der Waals surface area contributed by atoms with Crippen molar-refractivity contribution in [1.29, 1.82) is 0 Å². The van der Waals surface area contributed by atoms with Crippen LogP contribution in [0.2, 0.25) is 0 Å². The van der Waals surface area contributed by atoms with Crippen LogP contribution in [0.5, 0.6) is 11.6 Å². The Balaban J connectivity index is 1.41. The summed E-state index contributed by atoms with van der Waals surface area (Å²) in [5.41, 5.74) is -4.83. The van der Waals surface area contributed by atoms with Gasteiger partial charge in [-0.3, -0.25) is 24.0 Å². The van der Waals surface area contributed by atoms with E-state index in [9.17, 15) is 54.7 Å². The molecule has 20 heteroatoms. The summed E-state index contributed by atoms with van der Waals surface area (Å²) in [7, 11) is -4.06. The quantitative estimate of drug-likeness (QED) is 0.206. The van der Waals surface area contributed by atoms with Gasteiger partial charge in [-0.2, -0.15) is 13.2 Å². The lowest BCUT2D eigenvalue weighted by molar-refractivity contribution is -0.222. The van der Waals surface area contributed by atoms with E-state index in [4.69, 9.17) is 9.47 Å². The zero-order valence-electron chi connectivity index (χ0n) is 32.9. The van der Waals surface area contributed by atoms with E-state index < -0.39 is 106 Å². The molecule has 4 amide bonds. The monoisotopic (exact) mass is 857 g/mol. The highest BCUT2D eigenvalue weighted by molar-refractivity contribution is 7.91. The number of carbonyl (C=O) groups is 4. The van der Waals surface area contributed by atoms with Crippen molar-refractivity contribution in [2.75, 3.05) is 13.2 Å². The number of carboxylic acid groups (broad SMARTS) is 1. The van der Waals surface area contributed by atoms with E-state index >= 15 is 0 Å². The third-order valence-corrected chi connectivity index (χ3v) is 13.5. The molecule has 2 aliphatic carbocycles. The molecular weight excluding hydrogens is 810 g/mol. The van der Waals surface area contributed by atoms with Crippen LogP contribution in [0.15, 0.2) is 42.6 Å². The van der Waals surface area contributed by atoms with Gasteiger partial charge in [0.2, 0.25) is 27.7 Å². The minimum atomic E-state index is -5.13. The first kappa shape index (κ1) is 43.8. The molecule has 1 aromatic carbocycles. The number of nitrogens with zero attached hydrogens (tertiary/aromatic N) is 3. The maximum Gasteiger partial charge on any atom is 0.411 e. The van der Waals surface area contributed by atoms with E-state index in [2.05, 4.69) is 15.0 Å². The van der Waals surface area contributed by atoms with Gasteiger partial charge in [0, 0.05) is 23.1 Å². The molecule has 1 saturated heterocycles. The van der Waals surface area contributed by atoms with E-state index in [1.54, 1.807) is 36.4 Å². The Labute approximate surface area is 337 Å². The fourth-order valence-corrected chi connectivity index (χ4v) is 9.51. The first-order valence-corrected chi connectivity index (χ1v) is 21.0. The smallest absolute Gasteiger partial charge is 0.411 e. The highest BCUT2D eigenvalue weighted by Gasteiger charge is 2.63. The number of nitrogens with one attached hydrogen (secondary N) is 2. The van der Waals surface area contributed by atoms with E-state index in [0.29, 0.717) is 50.3 Å². The number of rotatable bonds is 10. The van der Waals surface area contributed by atoms with Crippen molar-refractivity contribution < 1.29 is 64.1 Å². The van der Waals surface area contributed by atoms with Gasteiger partial charge in [-0.05, 0) is 70.3 Å². The molecule has 0 radical (unpaired) electrons. The predicted octanol–water partition coefficient (Wildman–Crippen LogP) is 5.41. The molecule has 59 heavy (non-hydrogen) atoms. The first-order valence-electron chi connectivity index (χ1n) is 19.5. The number of ether oxygens (including phenoxy) is 2. The Morgan fingerprint density at radius 1 is 1.10 bits per heavy atom. The normalized spacial score (nSPS) is 28.2. The molecule has 324 valence electrons. The van der Waals surface area contributed by atoms with E-state index in [-0.39, 0.29) is 41.7 Å². The van der Waals surface area contributed by atoms with E-state index in [1.165, 1.54) is 6.92 Å². The topological polar surface area (TPSA) is 185 Å². The van der Waals surface area contributed by atoms with Crippen molar-refractivity contribution in [3.05, 3.63) is 42.6 Å². The van der Waals surface area contributed by atoms with Crippen LogP contribution >= 0.6 is 0 Å².